The Morgan fingerprint density at radius 1 is 1.22 bits per heavy atom. The van der Waals surface area contributed by atoms with Gasteiger partial charge in [0.2, 0.25) is 5.91 Å². The molecule has 0 aromatic carbocycles. The average Bonchev–Trinajstić information content (AvgIpc) is 2.22. The van der Waals surface area contributed by atoms with Crippen molar-refractivity contribution in [2.75, 3.05) is 13.2 Å². The van der Waals surface area contributed by atoms with E-state index in [-0.39, 0.29) is 25.0 Å². The smallest absolute Gasteiger partial charge is 0.308 e. The lowest BCUT2D eigenvalue weighted by Crippen LogP contribution is -2.34. The third kappa shape index (κ3) is 8.98. The van der Waals surface area contributed by atoms with Crippen molar-refractivity contribution >= 4 is 11.9 Å². The number of carbonyl (C=O) groups is 2. The van der Waals surface area contributed by atoms with Crippen molar-refractivity contribution in [1.82, 2.24) is 5.32 Å². The number of amides is 1. The summed E-state index contributed by atoms with van der Waals surface area (Å²) in [4.78, 5) is 22.4. The normalized spacial score (nSPS) is 12.8. The zero-order valence-electron chi connectivity index (χ0n) is 11.7. The summed E-state index contributed by atoms with van der Waals surface area (Å²) in [5.41, 5.74) is 0. The van der Waals surface area contributed by atoms with Crippen molar-refractivity contribution in [3.05, 3.63) is 0 Å². The lowest BCUT2D eigenvalue weighted by molar-refractivity contribution is -0.142. The Kier molecular flexibility index (Phi) is 8.37. The Hall–Kier alpha value is -1.10. The molecule has 2 N–H and O–H groups in total. The molecule has 0 rings (SSSR count). The molecule has 0 aromatic rings. The van der Waals surface area contributed by atoms with Gasteiger partial charge in [0.05, 0.1) is 18.6 Å². The molecule has 1 atom stereocenters. The Morgan fingerprint density at radius 2 is 1.83 bits per heavy atom. The molecule has 0 radical (unpaired) electrons. The molecular weight excluding hydrogens is 234 g/mol. The summed E-state index contributed by atoms with van der Waals surface area (Å²) in [5.74, 6) is -1.24. The van der Waals surface area contributed by atoms with Gasteiger partial charge in [0.1, 0.15) is 0 Å². The molecule has 0 bridgehead atoms. The first kappa shape index (κ1) is 16.9. The highest BCUT2D eigenvalue weighted by molar-refractivity contribution is 5.77. The fraction of sp³-hybridized carbons (Fsp3) is 0.846. The number of rotatable bonds is 9. The van der Waals surface area contributed by atoms with Crippen LogP contribution in [0.3, 0.4) is 0 Å². The summed E-state index contributed by atoms with van der Waals surface area (Å²) < 4.78 is 5.25. The summed E-state index contributed by atoms with van der Waals surface area (Å²) in [5, 5.41) is 11.7. The molecule has 0 heterocycles. The predicted octanol–water partition coefficient (Wildman–Crippen LogP) is 1.66. The highest BCUT2D eigenvalue weighted by atomic mass is 16.5. The van der Waals surface area contributed by atoms with E-state index in [2.05, 4.69) is 5.32 Å². The molecule has 106 valence electrons. The van der Waals surface area contributed by atoms with E-state index >= 15 is 0 Å². The van der Waals surface area contributed by atoms with Crippen molar-refractivity contribution in [3.8, 4) is 0 Å². The highest BCUT2D eigenvalue weighted by Gasteiger charge is 2.19. The zero-order valence-corrected chi connectivity index (χ0v) is 11.7. The van der Waals surface area contributed by atoms with E-state index in [1.165, 1.54) is 0 Å². The molecule has 1 unspecified atom stereocenters. The lowest BCUT2D eigenvalue weighted by Gasteiger charge is -2.15. The maximum Gasteiger partial charge on any atom is 0.308 e. The van der Waals surface area contributed by atoms with E-state index < -0.39 is 11.9 Å². The lowest BCUT2D eigenvalue weighted by atomic mass is 9.97. The highest BCUT2D eigenvalue weighted by Crippen LogP contribution is 2.11. The quantitative estimate of drug-likeness (QED) is 0.660. The van der Waals surface area contributed by atoms with Crippen molar-refractivity contribution in [3.63, 3.8) is 0 Å². The third-order valence-electron chi connectivity index (χ3n) is 2.43. The van der Waals surface area contributed by atoms with Gasteiger partial charge in [-0.1, -0.05) is 13.8 Å². The molecular formula is C13H25NO4. The van der Waals surface area contributed by atoms with Gasteiger partial charge in [-0.25, -0.2) is 0 Å². The maximum absolute atomic E-state index is 11.5. The summed E-state index contributed by atoms with van der Waals surface area (Å²) in [6.45, 7) is 8.30. The third-order valence-corrected chi connectivity index (χ3v) is 2.43. The van der Waals surface area contributed by atoms with E-state index in [1.807, 2.05) is 27.7 Å². The van der Waals surface area contributed by atoms with Gasteiger partial charge in [-0.3, -0.25) is 9.59 Å². The molecule has 5 nitrogen and oxygen atoms in total. The monoisotopic (exact) mass is 259 g/mol. The van der Waals surface area contributed by atoms with Crippen LogP contribution in [0.1, 0.15) is 40.5 Å². The molecule has 0 aliphatic heterocycles. The Bertz CT molecular complexity index is 264. The van der Waals surface area contributed by atoms with Crippen LogP contribution in [0.25, 0.3) is 0 Å². The van der Waals surface area contributed by atoms with Crippen LogP contribution in [0.4, 0.5) is 0 Å². The number of aliphatic carboxylic acids is 1. The van der Waals surface area contributed by atoms with Crippen LogP contribution >= 0.6 is 0 Å². The van der Waals surface area contributed by atoms with E-state index in [0.29, 0.717) is 18.9 Å². The molecule has 0 saturated carbocycles. The van der Waals surface area contributed by atoms with Crippen LogP contribution < -0.4 is 5.32 Å². The van der Waals surface area contributed by atoms with E-state index in [0.717, 1.165) is 0 Å². The maximum atomic E-state index is 11.5. The molecule has 0 saturated heterocycles. The van der Waals surface area contributed by atoms with E-state index in [9.17, 15) is 9.59 Å². The molecule has 0 aliphatic carbocycles. The first-order valence-electron chi connectivity index (χ1n) is 6.44. The molecule has 5 heteroatoms. The van der Waals surface area contributed by atoms with Gasteiger partial charge in [0.25, 0.3) is 0 Å². The van der Waals surface area contributed by atoms with Crippen LogP contribution in [0.15, 0.2) is 0 Å². The molecule has 0 aromatic heterocycles. The number of hydrogen-bond acceptors (Lipinski definition) is 3. The van der Waals surface area contributed by atoms with Gasteiger partial charge < -0.3 is 15.2 Å². The van der Waals surface area contributed by atoms with Gasteiger partial charge in [-0.15, -0.1) is 0 Å². The number of carboxylic acids is 1. The molecule has 0 spiro atoms. The Morgan fingerprint density at radius 3 is 2.28 bits per heavy atom. The second-order valence-electron chi connectivity index (χ2n) is 5.14. The first-order valence-corrected chi connectivity index (χ1v) is 6.44. The topological polar surface area (TPSA) is 75.6 Å². The van der Waals surface area contributed by atoms with Crippen molar-refractivity contribution in [1.29, 1.82) is 0 Å². The summed E-state index contributed by atoms with van der Waals surface area (Å²) in [6, 6.07) is 0. The summed E-state index contributed by atoms with van der Waals surface area (Å²) in [7, 11) is 0. The minimum Gasteiger partial charge on any atom is -0.481 e. The van der Waals surface area contributed by atoms with Gasteiger partial charge in [0, 0.05) is 13.0 Å². The molecule has 18 heavy (non-hydrogen) atoms. The minimum atomic E-state index is -0.859. The Labute approximate surface area is 109 Å². The van der Waals surface area contributed by atoms with Crippen LogP contribution in [-0.4, -0.2) is 36.2 Å². The fourth-order valence-corrected chi connectivity index (χ4v) is 1.55. The van der Waals surface area contributed by atoms with Crippen LogP contribution in [0.5, 0.6) is 0 Å². The standard InChI is InChI=1S/C13H25NO4/c1-9(2)7-11(13(16)17)8-14-12(15)5-6-18-10(3)4/h9-11H,5-8H2,1-4H3,(H,14,15)(H,16,17). The number of ether oxygens (including phenoxy) is 1. The predicted molar refractivity (Wildman–Crippen MR) is 69.3 cm³/mol. The fourth-order valence-electron chi connectivity index (χ4n) is 1.55. The van der Waals surface area contributed by atoms with Crippen LogP contribution in [0, 0.1) is 11.8 Å². The number of hydrogen-bond donors (Lipinski definition) is 2. The zero-order chi connectivity index (χ0) is 14.1. The molecule has 0 fully saturated rings. The van der Waals surface area contributed by atoms with Gasteiger partial charge in [-0.05, 0) is 26.2 Å². The average molecular weight is 259 g/mol. The van der Waals surface area contributed by atoms with Crippen LogP contribution in [-0.2, 0) is 14.3 Å². The van der Waals surface area contributed by atoms with Crippen LogP contribution in [0.2, 0.25) is 0 Å². The largest absolute Gasteiger partial charge is 0.481 e. The minimum absolute atomic E-state index is 0.102. The van der Waals surface area contributed by atoms with Crippen molar-refractivity contribution in [2.45, 2.75) is 46.6 Å². The SMILES string of the molecule is CC(C)CC(CNC(=O)CCOC(C)C)C(=O)O. The summed E-state index contributed by atoms with van der Waals surface area (Å²) in [6.07, 6.45) is 0.940. The second kappa shape index (κ2) is 8.91. The molecule has 0 aliphatic rings. The van der Waals surface area contributed by atoms with Gasteiger partial charge >= 0.3 is 5.97 Å². The second-order valence-corrected chi connectivity index (χ2v) is 5.14. The Balaban J connectivity index is 3.89. The van der Waals surface area contributed by atoms with Gasteiger partial charge in [0.15, 0.2) is 0 Å². The van der Waals surface area contributed by atoms with Crippen molar-refractivity contribution < 1.29 is 19.4 Å². The van der Waals surface area contributed by atoms with E-state index in [1.54, 1.807) is 0 Å². The number of carbonyl (C=O) groups excluding carboxylic acids is 1. The van der Waals surface area contributed by atoms with Gasteiger partial charge in [-0.2, -0.15) is 0 Å². The number of carboxylic acid groups (broad SMARTS) is 1. The molecule has 1 amide bonds. The number of nitrogens with one attached hydrogen (secondary N) is 1. The summed E-state index contributed by atoms with van der Waals surface area (Å²) >= 11 is 0. The first-order chi connectivity index (χ1) is 8.32. The van der Waals surface area contributed by atoms with Crippen molar-refractivity contribution in [2.24, 2.45) is 11.8 Å². The van der Waals surface area contributed by atoms with E-state index in [4.69, 9.17) is 9.84 Å².